The van der Waals surface area contributed by atoms with Gasteiger partial charge in [-0.2, -0.15) is 0 Å². The smallest absolute Gasteiger partial charge is 0.0593 e. The first-order valence-corrected chi connectivity index (χ1v) is 7.07. The second-order valence-corrected chi connectivity index (χ2v) is 5.83. The third-order valence-corrected chi connectivity index (χ3v) is 4.11. The van der Waals surface area contributed by atoms with Crippen LogP contribution in [0.4, 0.5) is 0 Å². The zero-order valence-electron chi connectivity index (χ0n) is 12.3. The summed E-state index contributed by atoms with van der Waals surface area (Å²) >= 11 is 0. The first kappa shape index (κ1) is 14.9. The molecule has 1 N–H and O–H groups in total. The molecule has 0 aliphatic carbocycles. The molecule has 1 rings (SSSR count). The maximum atomic E-state index is 5.49. The van der Waals surface area contributed by atoms with Crippen molar-refractivity contribution >= 4 is 0 Å². The van der Waals surface area contributed by atoms with Gasteiger partial charge in [-0.15, -0.1) is 0 Å². The minimum atomic E-state index is 0.251. The summed E-state index contributed by atoms with van der Waals surface area (Å²) in [5.74, 6) is 0.751. The van der Waals surface area contributed by atoms with E-state index in [2.05, 4.69) is 44.8 Å². The Morgan fingerprint density at radius 1 is 1.41 bits per heavy atom. The van der Waals surface area contributed by atoms with Crippen molar-refractivity contribution in [1.29, 1.82) is 0 Å². The zero-order valence-corrected chi connectivity index (χ0v) is 12.3. The molecule has 102 valence electrons. The van der Waals surface area contributed by atoms with Crippen LogP contribution in [0, 0.1) is 5.92 Å². The van der Waals surface area contributed by atoms with Crippen molar-refractivity contribution in [3.8, 4) is 0 Å². The average molecular weight is 242 g/mol. The standard InChI is InChI=1S/C14H30N2O/c1-6-12(3)13-10-16(8-9-17-7-2)14(4,5)11-15-13/h12-13,15H,6-11H2,1-5H3. The highest BCUT2D eigenvalue weighted by Gasteiger charge is 2.34. The second kappa shape index (κ2) is 6.72. The maximum Gasteiger partial charge on any atom is 0.0593 e. The van der Waals surface area contributed by atoms with Gasteiger partial charge in [0, 0.05) is 37.8 Å². The Kier molecular flexibility index (Phi) is 5.90. The molecule has 0 aromatic rings. The quantitative estimate of drug-likeness (QED) is 0.722. The van der Waals surface area contributed by atoms with Crippen LogP contribution >= 0.6 is 0 Å². The molecular formula is C14H30N2O. The first-order valence-electron chi connectivity index (χ1n) is 7.07. The molecule has 3 heteroatoms. The van der Waals surface area contributed by atoms with Crippen molar-refractivity contribution in [3.63, 3.8) is 0 Å². The molecule has 1 aliphatic heterocycles. The summed E-state index contributed by atoms with van der Waals surface area (Å²) in [5.41, 5.74) is 0.251. The van der Waals surface area contributed by atoms with Gasteiger partial charge < -0.3 is 10.1 Å². The highest BCUT2D eigenvalue weighted by atomic mass is 16.5. The molecule has 3 nitrogen and oxygen atoms in total. The predicted molar refractivity (Wildman–Crippen MR) is 73.4 cm³/mol. The number of nitrogens with one attached hydrogen (secondary N) is 1. The number of hydrogen-bond donors (Lipinski definition) is 1. The summed E-state index contributed by atoms with van der Waals surface area (Å²) in [7, 11) is 0. The molecule has 2 atom stereocenters. The van der Waals surface area contributed by atoms with Gasteiger partial charge in [0.05, 0.1) is 6.61 Å². The summed E-state index contributed by atoms with van der Waals surface area (Å²) in [6.07, 6.45) is 1.25. The van der Waals surface area contributed by atoms with E-state index >= 15 is 0 Å². The molecule has 0 aromatic carbocycles. The lowest BCUT2D eigenvalue weighted by Gasteiger charge is -2.47. The molecular weight excluding hydrogens is 212 g/mol. The molecule has 1 heterocycles. The van der Waals surface area contributed by atoms with E-state index < -0.39 is 0 Å². The van der Waals surface area contributed by atoms with E-state index in [0.29, 0.717) is 6.04 Å². The van der Waals surface area contributed by atoms with Crippen LogP contribution in [0.25, 0.3) is 0 Å². The van der Waals surface area contributed by atoms with E-state index in [1.54, 1.807) is 0 Å². The summed E-state index contributed by atoms with van der Waals surface area (Å²) in [5, 5.41) is 3.70. The summed E-state index contributed by atoms with van der Waals surface area (Å²) in [4.78, 5) is 2.58. The van der Waals surface area contributed by atoms with E-state index in [9.17, 15) is 0 Å². The topological polar surface area (TPSA) is 24.5 Å². The molecule has 1 saturated heterocycles. The van der Waals surface area contributed by atoms with E-state index in [0.717, 1.165) is 38.8 Å². The molecule has 0 radical (unpaired) electrons. The van der Waals surface area contributed by atoms with Gasteiger partial charge >= 0.3 is 0 Å². The van der Waals surface area contributed by atoms with Gasteiger partial charge in [0.15, 0.2) is 0 Å². The Morgan fingerprint density at radius 2 is 2.12 bits per heavy atom. The van der Waals surface area contributed by atoms with Gasteiger partial charge in [-0.3, -0.25) is 4.90 Å². The molecule has 0 amide bonds. The number of ether oxygens (including phenoxy) is 1. The van der Waals surface area contributed by atoms with Crippen LogP contribution in [-0.4, -0.2) is 49.3 Å². The van der Waals surface area contributed by atoms with Crippen molar-refractivity contribution in [1.82, 2.24) is 10.2 Å². The molecule has 0 saturated carbocycles. The van der Waals surface area contributed by atoms with Gasteiger partial charge in [0.25, 0.3) is 0 Å². The van der Waals surface area contributed by atoms with Crippen LogP contribution in [0.5, 0.6) is 0 Å². The third-order valence-electron chi connectivity index (χ3n) is 4.11. The minimum absolute atomic E-state index is 0.251. The molecule has 17 heavy (non-hydrogen) atoms. The van der Waals surface area contributed by atoms with Crippen LogP contribution in [0.15, 0.2) is 0 Å². The monoisotopic (exact) mass is 242 g/mol. The second-order valence-electron chi connectivity index (χ2n) is 5.83. The van der Waals surface area contributed by atoms with Gasteiger partial charge in [0.1, 0.15) is 0 Å². The van der Waals surface area contributed by atoms with Crippen LogP contribution in [0.3, 0.4) is 0 Å². The summed E-state index contributed by atoms with van der Waals surface area (Å²) < 4.78 is 5.49. The van der Waals surface area contributed by atoms with Crippen molar-refractivity contribution < 1.29 is 4.74 Å². The Hall–Kier alpha value is -0.120. The molecule has 0 bridgehead atoms. The van der Waals surface area contributed by atoms with Gasteiger partial charge in [-0.05, 0) is 26.7 Å². The molecule has 0 aromatic heterocycles. The van der Waals surface area contributed by atoms with Crippen molar-refractivity contribution in [2.45, 2.75) is 52.6 Å². The largest absolute Gasteiger partial charge is 0.380 e. The Bertz CT molecular complexity index is 218. The predicted octanol–water partition coefficient (Wildman–Crippen LogP) is 2.12. The highest BCUT2D eigenvalue weighted by Crippen LogP contribution is 2.22. The third kappa shape index (κ3) is 4.23. The van der Waals surface area contributed by atoms with E-state index in [4.69, 9.17) is 4.74 Å². The van der Waals surface area contributed by atoms with Crippen molar-refractivity contribution in [2.75, 3.05) is 32.8 Å². The molecule has 0 spiro atoms. The van der Waals surface area contributed by atoms with Gasteiger partial charge in [-0.25, -0.2) is 0 Å². The van der Waals surface area contributed by atoms with Crippen LogP contribution in [0.2, 0.25) is 0 Å². The van der Waals surface area contributed by atoms with Gasteiger partial charge in [-0.1, -0.05) is 20.3 Å². The number of rotatable bonds is 6. The van der Waals surface area contributed by atoms with Crippen LogP contribution in [-0.2, 0) is 4.74 Å². The molecule has 2 unspecified atom stereocenters. The fraction of sp³-hybridized carbons (Fsp3) is 1.00. The molecule has 1 aliphatic rings. The average Bonchev–Trinajstić information content (AvgIpc) is 2.30. The SMILES string of the molecule is CCOCCN1CC(C(C)CC)NCC1(C)C. The Balaban J connectivity index is 2.50. The number of nitrogens with zero attached hydrogens (tertiary/aromatic N) is 1. The molecule has 1 fully saturated rings. The van der Waals surface area contributed by atoms with Crippen LogP contribution in [0.1, 0.15) is 41.0 Å². The van der Waals surface area contributed by atoms with E-state index in [1.165, 1.54) is 6.42 Å². The van der Waals surface area contributed by atoms with Crippen molar-refractivity contribution in [2.24, 2.45) is 5.92 Å². The summed E-state index contributed by atoms with van der Waals surface area (Å²) in [6.45, 7) is 16.3. The lowest BCUT2D eigenvalue weighted by molar-refractivity contribution is 0.0223. The van der Waals surface area contributed by atoms with Crippen LogP contribution < -0.4 is 5.32 Å². The van der Waals surface area contributed by atoms with E-state index in [1.807, 2.05) is 0 Å². The highest BCUT2D eigenvalue weighted by molar-refractivity contribution is 4.94. The maximum absolute atomic E-state index is 5.49. The van der Waals surface area contributed by atoms with E-state index in [-0.39, 0.29) is 5.54 Å². The normalized spacial score (nSPS) is 27.0. The lowest BCUT2D eigenvalue weighted by atomic mass is 9.91. The lowest BCUT2D eigenvalue weighted by Crippen LogP contribution is -2.63. The minimum Gasteiger partial charge on any atom is -0.380 e. The summed E-state index contributed by atoms with van der Waals surface area (Å²) in [6, 6.07) is 0.634. The first-order chi connectivity index (χ1) is 8.01. The fourth-order valence-corrected chi connectivity index (χ4v) is 2.42. The number of piperazine rings is 1. The Morgan fingerprint density at radius 3 is 2.71 bits per heavy atom. The fourth-order valence-electron chi connectivity index (χ4n) is 2.42. The number of hydrogen-bond acceptors (Lipinski definition) is 3. The zero-order chi connectivity index (χ0) is 12.9. The Labute approximate surface area is 107 Å². The van der Waals surface area contributed by atoms with Crippen molar-refractivity contribution in [3.05, 3.63) is 0 Å². The van der Waals surface area contributed by atoms with Gasteiger partial charge in [0.2, 0.25) is 0 Å².